The number of aryl methyl sites for hydroxylation is 1. The number of hydrogen-bond donors (Lipinski definition) is 0. The third-order valence-electron chi connectivity index (χ3n) is 3.33. The van der Waals surface area contributed by atoms with Crippen LogP contribution in [0.2, 0.25) is 0 Å². The maximum absolute atomic E-state index is 12.1. The molecule has 0 amide bonds. The Morgan fingerprint density at radius 3 is 2.71 bits per heavy atom. The maximum atomic E-state index is 12.1. The summed E-state index contributed by atoms with van der Waals surface area (Å²) in [7, 11) is 1.55. The number of benzene rings is 1. The number of methoxy groups -OCH3 is 1. The largest absolute Gasteiger partial charge is 0.493 e. The molecule has 1 aromatic carbocycles. The lowest BCUT2D eigenvalue weighted by atomic mass is 10.1. The average molecular weight is 329 g/mol. The van der Waals surface area contributed by atoms with Gasteiger partial charge in [-0.15, -0.1) is 0 Å². The molecule has 1 aromatic heterocycles. The number of nitrogens with zero attached hydrogens (tertiary/aromatic N) is 1. The van der Waals surface area contributed by atoms with E-state index in [4.69, 9.17) is 14.2 Å². The van der Waals surface area contributed by atoms with Crippen molar-refractivity contribution < 1.29 is 19.0 Å². The van der Waals surface area contributed by atoms with Crippen LogP contribution in [0.4, 0.5) is 0 Å². The van der Waals surface area contributed by atoms with Crippen LogP contribution in [-0.4, -0.2) is 30.8 Å². The van der Waals surface area contributed by atoms with Crippen molar-refractivity contribution >= 4 is 5.97 Å². The first-order valence-electron chi connectivity index (χ1n) is 8.01. The summed E-state index contributed by atoms with van der Waals surface area (Å²) in [6.45, 7) is 4.23. The van der Waals surface area contributed by atoms with Crippen molar-refractivity contribution in [2.24, 2.45) is 0 Å². The van der Waals surface area contributed by atoms with Crippen LogP contribution in [0.3, 0.4) is 0 Å². The van der Waals surface area contributed by atoms with Gasteiger partial charge in [-0.25, -0.2) is 4.79 Å². The van der Waals surface area contributed by atoms with Crippen molar-refractivity contribution in [3.63, 3.8) is 0 Å². The molecule has 5 nitrogen and oxygen atoms in total. The van der Waals surface area contributed by atoms with E-state index in [2.05, 4.69) is 4.98 Å². The zero-order chi connectivity index (χ0) is 17.4. The number of carbonyl (C=O) groups excluding carboxylic acids is 1. The van der Waals surface area contributed by atoms with E-state index >= 15 is 0 Å². The first-order chi connectivity index (χ1) is 11.6. The molecule has 0 aliphatic carbocycles. The van der Waals surface area contributed by atoms with E-state index in [1.165, 1.54) is 0 Å². The SMILES string of the molecule is COc1cc(C(=O)OCCCc2cccnc2)ccc1OC(C)C. The van der Waals surface area contributed by atoms with Gasteiger partial charge in [0.25, 0.3) is 0 Å². The molecule has 0 aliphatic rings. The van der Waals surface area contributed by atoms with Crippen molar-refractivity contribution in [2.75, 3.05) is 13.7 Å². The normalized spacial score (nSPS) is 10.5. The highest BCUT2D eigenvalue weighted by atomic mass is 16.5. The van der Waals surface area contributed by atoms with Gasteiger partial charge in [-0.3, -0.25) is 4.98 Å². The van der Waals surface area contributed by atoms with Crippen LogP contribution in [0.1, 0.15) is 36.2 Å². The molecule has 2 rings (SSSR count). The Bertz CT molecular complexity index is 656. The number of aromatic nitrogens is 1. The van der Waals surface area contributed by atoms with Crippen LogP contribution >= 0.6 is 0 Å². The lowest BCUT2D eigenvalue weighted by Gasteiger charge is -2.14. The van der Waals surface area contributed by atoms with E-state index in [-0.39, 0.29) is 12.1 Å². The molecule has 0 aliphatic heterocycles. The number of pyridine rings is 1. The Hall–Kier alpha value is -2.56. The van der Waals surface area contributed by atoms with Gasteiger partial charge in [-0.05, 0) is 56.5 Å². The van der Waals surface area contributed by atoms with E-state index in [9.17, 15) is 4.79 Å². The van der Waals surface area contributed by atoms with Gasteiger partial charge in [-0.2, -0.15) is 0 Å². The lowest BCUT2D eigenvalue weighted by Crippen LogP contribution is -2.09. The highest BCUT2D eigenvalue weighted by Gasteiger charge is 2.13. The summed E-state index contributed by atoms with van der Waals surface area (Å²) >= 11 is 0. The molecule has 0 saturated heterocycles. The topological polar surface area (TPSA) is 57.7 Å². The second kappa shape index (κ2) is 8.91. The fraction of sp³-hybridized carbons (Fsp3) is 0.368. The molecule has 0 bridgehead atoms. The van der Waals surface area contributed by atoms with Crippen LogP contribution in [-0.2, 0) is 11.2 Å². The van der Waals surface area contributed by atoms with Crippen LogP contribution in [0.5, 0.6) is 11.5 Å². The number of rotatable bonds is 8. The van der Waals surface area contributed by atoms with E-state index < -0.39 is 0 Å². The highest BCUT2D eigenvalue weighted by Crippen LogP contribution is 2.29. The van der Waals surface area contributed by atoms with Gasteiger partial charge in [0.15, 0.2) is 11.5 Å². The smallest absolute Gasteiger partial charge is 0.338 e. The maximum Gasteiger partial charge on any atom is 0.338 e. The van der Waals surface area contributed by atoms with Crippen molar-refractivity contribution in [3.05, 3.63) is 53.9 Å². The Morgan fingerprint density at radius 1 is 1.21 bits per heavy atom. The minimum atomic E-state index is -0.365. The van der Waals surface area contributed by atoms with Crippen molar-refractivity contribution in [2.45, 2.75) is 32.8 Å². The van der Waals surface area contributed by atoms with E-state index in [1.807, 2.05) is 32.2 Å². The molecule has 1 heterocycles. The molecule has 2 aromatic rings. The minimum Gasteiger partial charge on any atom is -0.493 e. The summed E-state index contributed by atoms with van der Waals surface area (Å²) in [5.41, 5.74) is 1.58. The zero-order valence-electron chi connectivity index (χ0n) is 14.3. The first kappa shape index (κ1) is 17.8. The van der Waals surface area contributed by atoms with Crippen molar-refractivity contribution in [1.82, 2.24) is 4.98 Å². The molecular weight excluding hydrogens is 306 g/mol. The van der Waals surface area contributed by atoms with E-state index in [0.29, 0.717) is 23.7 Å². The van der Waals surface area contributed by atoms with Crippen LogP contribution in [0, 0.1) is 0 Å². The standard InChI is InChI=1S/C19H23NO4/c1-14(2)24-17-9-8-16(12-18(17)22-3)19(21)23-11-5-7-15-6-4-10-20-13-15/h4,6,8-10,12-14H,5,7,11H2,1-3H3. The van der Waals surface area contributed by atoms with Gasteiger partial charge in [0, 0.05) is 12.4 Å². The van der Waals surface area contributed by atoms with E-state index in [0.717, 1.165) is 18.4 Å². The molecule has 0 atom stereocenters. The molecule has 24 heavy (non-hydrogen) atoms. The van der Waals surface area contributed by atoms with Crippen LogP contribution in [0.25, 0.3) is 0 Å². The minimum absolute atomic E-state index is 0.0316. The summed E-state index contributed by atoms with van der Waals surface area (Å²) in [6.07, 6.45) is 5.17. The van der Waals surface area contributed by atoms with Gasteiger partial charge >= 0.3 is 5.97 Å². The Kier molecular flexibility index (Phi) is 6.61. The molecule has 0 spiro atoms. The lowest BCUT2D eigenvalue weighted by molar-refractivity contribution is 0.0500. The van der Waals surface area contributed by atoms with Gasteiger partial charge in [0.1, 0.15) is 0 Å². The summed E-state index contributed by atoms with van der Waals surface area (Å²) < 4.78 is 16.2. The third kappa shape index (κ3) is 5.26. The monoisotopic (exact) mass is 329 g/mol. The number of ether oxygens (including phenoxy) is 3. The average Bonchev–Trinajstić information content (AvgIpc) is 2.59. The molecule has 0 unspecified atom stereocenters. The quantitative estimate of drug-likeness (QED) is 0.546. The van der Waals surface area contributed by atoms with Crippen molar-refractivity contribution in [3.8, 4) is 11.5 Å². The molecular formula is C19H23NO4. The van der Waals surface area contributed by atoms with Crippen LogP contribution in [0.15, 0.2) is 42.7 Å². The predicted molar refractivity (Wildman–Crippen MR) is 91.6 cm³/mol. The number of hydrogen-bond acceptors (Lipinski definition) is 5. The highest BCUT2D eigenvalue weighted by molar-refractivity contribution is 5.90. The molecule has 0 radical (unpaired) electrons. The molecule has 5 heteroatoms. The third-order valence-corrected chi connectivity index (χ3v) is 3.33. The number of carbonyl (C=O) groups is 1. The molecule has 0 saturated carbocycles. The predicted octanol–water partition coefficient (Wildman–Crippen LogP) is 3.67. The second-order valence-electron chi connectivity index (χ2n) is 5.63. The molecule has 0 fully saturated rings. The van der Waals surface area contributed by atoms with Crippen LogP contribution < -0.4 is 9.47 Å². The fourth-order valence-corrected chi connectivity index (χ4v) is 2.22. The molecule has 0 N–H and O–H groups in total. The molecule has 128 valence electrons. The van der Waals surface area contributed by atoms with Gasteiger partial charge in [0.2, 0.25) is 0 Å². The summed E-state index contributed by atoms with van der Waals surface area (Å²) in [6, 6.07) is 8.96. The number of esters is 1. The zero-order valence-corrected chi connectivity index (χ0v) is 14.3. The summed E-state index contributed by atoms with van der Waals surface area (Å²) in [4.78, 5) is 16.2. The van der Waals surface area contributed by atoms with Gasteiger partial charge in [-0.1, -0.05) is 6.07 Å². The fourth-order valence-electron chi connectivity index (χ4n) is 2.22. The summed E-state index contributed by atoms with van der Waals surface area (Å²) in [5, 5.41) is 0. The van der Waals surface area contributed by atoms with E-state index in [1.54, 1.807) is 31.5 Å². The van der Waals surface area contributed by atoms with Gasteiger partial charge in [0.05, 0.1) is 25.4 Å². The Morgan fingerprint density at radius 2 is 2.04 bits per heavy atom. The van der Waals surface area contributed by atoms with Crippen molar-refractivity contribution in [1.29, 1.82) is 0 Å². The first-order valence-corrected chi connectivity index (χ1v) is 8.01. The Balaban J connectivity index is 1.87. The second-order valence-corrected chi connectivity index (χ2v) is 5.63. The summed E-state index contributed by atoms with van der Waals surface area (Å²) in [5.74, 6) is 0.768. The van der Waals surface area contributed by atoms with Gasteiger partial charge < -0.3 is 14.2 Å². The Labute approximate surface area is 142 Å².